The lowest BCUT2D eigenvalue weighted by atomic mass is 10.0. The van der Waals surface area contributed by atoms with E-state index in [2.05, 4.69) is 5.32 Å². The average molecular weight is 432 g/mol. The van der Waals surface area contributed by atoms with Crippen molar-refractivity contribution < 1.29 is 23.5 Å². The van der Waals surface area contributed by atoms with Crippen LogP contribution in [0.15, 0.2) is 72.8 Å². The van der Waals surface area contributed by atoms with Crippen molar-refractivity contribution in [1.82, 2.24) is 0 Å². The van der Waals surface area contributed by atoms with Crippen LogP contribution in [0.5, 0.6) is 5.75 Å². The van der Waals surface area contributed by atoms with Crippen molar-refractivity contribution in [3.8, 4) is 5.75 Å². The molecule has 0 fully saturated rings. The number of nitrogens with one attached hydrogen (secondary N) is 1. The summed E-state index contributed by atoms with van der Waals surface area (Å²) in [5, 5.41) is 2.82. The topological polar surface area (TPSA) is 75.7 Å². The standard InChI is InChI=1S/C25H21FN2O4/c1-16-14-23(29)27-21-4-2-3-5-22(21)28(16)24(30)15-32-20-12-8-18(9-13-20)25(31)17-6-10-19(26)11-7-17/h2-13,16H,14-15H2,1H3,(H,27,29)/t16-/m0/s1. The van der Waals surface area contributed by atoms with Gasteiger partial charge in [0.2, 0.25) is 5.91 Å². The number of para-hydroxylation sites is 2. The molecule has 32 heavy (non-hydrogen) atoms. The first-order valence-electron chi connectivity index (χ1n) is 10.2. The lowest BCUT2D eigenvalue weighted by molar-refractivity contribution is -0.121. The van der Waals surface area contributed by atoms with E-state index in [0.717, 1.165) is 0 Å². The molecule has 1 aliphatic rings. The first kappa shape index (κ1) is 21.2. The van der Waals surface area contributed by atoms with Crippen LogP contribution < -0.4 is 15.0 Å². The highest BCUT2D eigenvalue weighted by Crippen LogP contribution is 2.31. The molecule has 0 saturated carbocycles. The predicted molar refractivity (Wildman–Crippen MR) is 118 cm³/mol. The summed E-state index contributed by atoms with van der Waals surface area (Å²) in [4.78, 5) is 39.1. The van der Waals surface area contributed by atoms with Crippen molar-refractivity contribution in [3.05, 3.63) is 89.7 Å². The van der Waals surface area contributed by atoms with Gasteiger partial charge in [0, 0.05) is 23.6 Å². The van der Waals surface area contributed by atoms with Crippen LogP contribution in [0.2, 0.25) is 0 Å². The van der Waals surface area contributed by atoms with E-state index in [1.54, 1.807) is 53.4 Å². The second-order valence-electron chi connectivity index (χ2n) is 7.53. The zero-order valence-electron chi connectivity index (χ0n) is 17.4. The molecular weight excluding hydrogens is 411 g/mol. The molecular formula is C25H21FN2O4. The number of carbonyl (C=O) groups excluding carboxylic acids is 3. The second-order valence-corrected chi connectivity index (χ2v) is 7.53. The molecule has 3 aromatic carbocycles. The fourth-order valence-electron chi connectivity index (χ4n) is 3.65. The molecule has 1 atom stereocenters. The summed E-state index contributed by atoms with van der Waals surface area (Å²) in [6, 6.07) is 18.5. The number of halogens is 1. The maximum atomic E-state index is 13.1. The molecule has 0 radical (unpaired) electrons. The van der Waals surface area contributed by atoms with Crippen LogP contribution in [0.3, 0.4) is 0 Å². The summed E-state index contributed by atoms with van der Waals surface area (Å²) < 4.78 is 18.7. The van der Waals surface area contributed by atoms with Gasteiger partial charge in [0.15, 0.2) is 12.4 Å². The molecule has 6 nitrogen and oxygen atoms in total. The molecule has 162 valence electrons. The Balaban J connectivity index is 1.44. The van der Waals surface area contributed by atoms with Crippen molar-refractivity contribution in [2.45, 2.75) is 19.4 Å². The molecule has 3 aromatic rings. The Morgan fingerprint density at radius 1 is 1.00 bits per heavy atom. The maximum Gasteiger partial charge on any atom is 0.265 e. The molecule has 0 aromatic heterocycles. The Kier molecular flexibility index (Phi) is 5.98. The number of nitrogens with zero attached hydrogens (tertiary/aromatic N) is 1. The molecule has 4 rings (SSSR count). The Morgan fingerprint density at radius 3 is 2.31 bits per heavy atom. The summed E-state index contributed by atoms with van der Waals surface area (Å²) in [6.45, 7) is 1.59. The molecule has 0 aliphatic carbocycles. The van der Waals surface area contributed by atoms with Crippen LogP contribution >= 0.6 is 0 Å². The van der Waals surface area contributed by atoms with Crippen LogP contribution in [0.25, 0.3) is 0 Å². The van der Waals surface area contributed by atoms with Crippen LogP contribution in [0.1, 0.15) is 29.3 Å². The van der Waals surface area contributed by atoms with Gasteiger partial charge in [-0.25, -0.2) is 4.39 Å². The second kappa shape index (κ2) is 9.01. The van der Waals surface area contributed by atoms with Crippen LogP contribution in [0, 0.1) is 5.82 Å². The largest absolute Gasteiger partial charge is 0.484 e. The molecule has 0 bridgehead atoms. The van der Waals surface area contributed by atoms with Crippen molar-refractivity contribution >= 4 is 29.0 Å². The van der Waals surface area contributed by atoms with Crippen LogP contribution in [-0.2, 0) is 9.59 Å². The van der Waals surface area contributed by atoms with Gasteiger partial charge in [0.1, 0.15) is 11.6 Å². The SMILES string of the molecule is C[C@H]1CC(=O)Nc2ccccc2N1C(=O)COc1ccc(C(=O)c2ccc(F)cc2)cc1. The molecule has 0 saturated heterocycles. The molecule has 2 amide bonds. The average Bonchev–Trinajstić information content (AvgIpc) is 2.92. The van der Waals surface area contributed by atoms with Crippen LogP contribution in [-0.4, -0.2) is 30.2 Å². The van der Waals surface area contributed by atoms with E-state index >= 15 is 0 Å². The van der Waals surface area contributed by atoms with Gasteiger partial charge in [0.25, 0.3) is 5.91 Å². The Hall–Kier alpha value is -4.00. The van der Waals surface area contributed by atoms with E-state index in [-0.39, 0.29) is 36.7 Å². The third kappa shape index (κ3) is 4.51. The molecule has 1 N–H and O–H groups in total. The molecule has 0 spiro atoms. The van der Waals surface area contributed by atoms with E-state index in [4.69, 9.17) is 4.74 Å². The zero-order valence-corrected chi connectivity index (χ0v) is 17.4. The number of rotatable bonds is 5. The van der Waals surface area contributed by atoms with E-state index in [1.165, 1.54) is 24.3 Å². The van der Waals surface area contributed by atoms with Crippen molar-refractivity contribution in [2.24, 2.45) is 0 Å². The lowest BCUT2D eigenvalue weighted by Gasteiger charge is -2.27. The predicted octanol–water partition coefficient (Wildman–Crippen LogP) is 4.20. The molecule has 1 aliphatic heterocycles. The number of benzene rings is 3. The number of ether oxygens (including phenoxy) is 1. The van der Waals surface area contributed by atoms with E-state index < -0.39 is 5.82 Å². The van der Waals surface area contributed by atoms with E-state index in [9.17, 15) is 18.8 Å². The molecule has 7 heteroatoms. The molecule has 1 heterocycles. The van der Waals surface area contributed by atoms with E-state index in [0.29, 0.717) is 28.3 Å². The van der Waals surface area contributed by atoms with Gasteiger partial charge in [-0.1, -0.05) is 12.1 Å². The normalized spacial score (nSPS) is 15.4. The summed E-state index contributed by atoms with van der Waals surface area (Å²) in [6.07, 6.45) is 0.181. The Morgan fingerprint density at radius 2 is 1.62 bits per heavy atom. The quantitative estimate of drug-likeness (QED) is 0.613. The number of fused-ring (bicyclic) bond motifs is 1. The van der Waals surface area contributed by atoms with Gasteiger partial charge in [-0.15, -0.1) is 0 Å². The zero-order chi connectivity index (χ0) is 22.7. The lowest BCUT2D eigenvalue weighted by Crippen LogP contribution is -2.41. The number of carbonyl (C=O) groups is 3. The maximum absolute atomic E-state index is 13.1. The first-order valence-corrected chi connectivity index (χ1v) is 10.2. The highest BCUT2D eigenvalue weighted by atomic mass is 19.1. The Bertz CT molecular complexity index is 1160. The highest BCUT2D eigenvalue weighted by molar-refractivity contribution is 6.09. The summed E-state index contributed by atoms with van der Waals surface area (Å²) in [5.41, 5.74) is 2.01. The molecule has 0 unspecified atom stereocenters. The fraction of sp³-hybridized carbons (Fsp3) is 0.160. The van der Waals surface area contributed by atoms with Gasteiger partial charge in [-0.05, 0) is 67.6 Å². The minimum absolute atomic E-state index is 0.150. The third-order valence-corrected chi connectivity index (χ3v) is 5.21. The van der Waals surface area contributed by atoms with Gasteiger partial charge >= 0.3 is 0 Å². The highest BCUT2D eigenvalue weighted by Gasteiger charge is 2.29. The van der Waals surface area contributed by atoms with Gasteiger partial charge in [0.05, 0.1) is 11.4 Å². The number of amides is 2. The van der Waals surface area contributed by atoms with Crippen molar-refractivity contribution in [2.75, 3.05) is 16.8 Å². The third-order valence-electron chi connectivity index (χ3n) is 5.21. The fourth-order valence-corrected chi connectivity index (χ4v) is 3.65. The van der Waals surface area contributed by atoms with Gasteiger partial charge in [-0.2, -0.15) is 0 Å². The summed E-state index contributed by atoms with van der Waals surface area (Å²) in [7, 11) is 0. The number of ketones is 1. The minimum atomic E-state index is -0.406. The van der Waals surface area contributed by atoms with Crippen molar-refractivity contribution in [1.29, 1.82) is 0 Å². The van der Waals surface area contributed by atoms with E-state index in [1.807, 2.05) is 6.92 Å². The monoisotopic (exact) mass is 432 g/mol. The van der Waals surface area contributed by atoms with Crippen LogP contribution in [0.4, 0.5) is 15.8 Å². The number of anilines is 2. The minimum Gasteiger partial charge on any atom is -0.484 e. The van der Waals surface area contributed by atoms with Gasteiger partial charge < -0.3 is 15.0 Å². The number of hydrogen-bond acceptors (Lipinski definition) is 4. The van der Waals surface area contributed by atoms with Gasteiger partial charge in [-0.3, -0.25) is 14.4 Å². The summed E-state index contributed by atoms with van der Waals surface area (Å²) >= 11 is 0. The van der Waals surface area contributed by atoms with Crippen molar-refractivity contribution in [3.63, 3.8) is 0 Å². The Labute approximate surface area is 184 Å². The smallest absolute Gasteiger partial charge is 0.265 e. The summed E-state index contributed by atoms with van der Waals surface area (Å²) in [5.74, 6) is -0.647. The number of hydrogen-bond donors (Lipinski definition) is 1. The first-order chi connectivity index (χ1) is 15.4.